The largest absolute Gasteiger partial charge is 0.495 e. The Morgan fingerprint density at radius 2 is 1.93 bits per heavy atom. The molecular weight excluding hydrogens is 599 g/mol. The predicted octanol–water partition coefficient (Wildman–Crippen LogP) is 3.41. The van der Waals surface area contributed by atoms with Crippen molar-refractivity contribution in [3.63, 3.8) is 0 Å². The zero-order chi connectivity index (χ0) is 31.9. The van der Waals surface area contributed by atoms with Gasteiger partial charge in [-0.2, -0.15) is 13.2 Å². The van der Waals surface area contributed by atoms with E-state index in [2.05, 4.69) is 35.5 Å². The molecule has 1 aromatic heterocycles. The van der Waals surface area contributed by atoms with Crippen molar-refractivity contribution in [2.75, 3.05) is 38.8 Å². The Bertz CT molecular complexity index is 1500. The van der Waals surface area contributed by atoms with E-state index < -0.39 is 27.3 Å². The number of alkyl halides is 3. The monoisotopic (exact) mass is 639 g/mol. The van der Waals surface area contributed by atoms with Gasteiger partial charge in [0.25, 0.3) is 5.91 Å². The lowest BCUT2D eigenvalue weighted by molar-refractivity contribution is -0.138. The Morgan fingerprint density at radius 1 is 1.20 bits per heavy atom. The van der Waals surface area contributed by atoms with Gasteiger partial charge in [-0.1, -0.05) is 6.42 Å². The smallest absolute Gasteiger partial charge is 0.419 e. The molecule has 3 aliphatic rings. The minimum Gasteiger partial charge on any atom is -0.495 e. The van der Waals surface area contributed by atoms with Gasteiger partial charge in [-0.3, -0.25) is 4.79 Å². The Kier molecular flexibility index (Phi) is 8.88. The van der Waals surface area contributed by atoms with Crippen LogP contribution in [0.25, 0.3) is 0 Å². The van der Waals surface area contributed by atoms with Gasteiger partial charge in [0.1, 0.15) is 5.75 Å². The van der Waals surface area contributed by atoms with E-state index in [4.69, 9.17) is 4.74 Å². The summed E-state index contributed by atoms with van der Waals surface area (Å²) in [5.74, 6) is 0.0122. The van der Waals surface area contributed by atoms with Crippen LogP contribution in [0, 0.1) is 5.41 Å². The molecule has 44 heavy (non-hydrogen) atoms. The van der Waals surface area contributed by atoms with Crippen LogP contribution >= 0.6 is 0 Å². The van der Waals surface area contributed by atoms with Crippen LogP contribution in [-0.4, -0.2) is 80.3 Å². The summed E-state index contributed by atoms with van der Waals surface area (Å²) in [5.41, 5.74) is -1.34. The Balaban J connectivity index is 1.31. The Morgan fingerprint density at radius 3 is 2.59 bits per heavy atom. The summed E-state index contributed by atoms with van der Waals surface area (Å²) in [6, 6.07) is 4.58. The van der Waals surface area contributed by atoms with Crippen LogP contribution in [0.5, 0.6) is 5.75 Å². The highest BCUT2D eigenvalue weighted by Crippen LogP contribution is 2.65. The van der Waals surface area contributed by atoms with Crippen molar-refractivity contribution < 1.29 is 31.1 Å². The molecule has 1 spiro atoms. The molecule has 15 heteroatoms. The number of nitrogens with one attached hydrogen (secondary N) is 4. The van der Waals surface area contributed by atoms with Crippen LogP contribution in [-0.2, 0) is 22.7 Å². The van der Waals surface area contributed by atoms with Crippen molar-refractivity contribution in [3.05, 3.63) is 41.2 Å². The van der Waals surface area contributed by atoms with Crippen molar-refractivity contribution in [2.24, 2.45) is 5.41 Å². The lowest BCUT2D eigenvalue weighted by Crippen LogP contribution is -2.45. The fourth-order valence-electron chi connectivity index (χ4n) is 6.81. The third-order valence-corrected chi connectivity index (χ3v) is 10.1. The quantitative estimate of drug-likeness (QED) is 0.308. The summed E-state index contributed by atoms with van der Waals surface area (Å²) < 4.78 is 73.9. The first kappa shape index (κ1) is 32.4. The number of benzene rings is 1. The third kappa shape index (κ3) is 6.95. The number of anilines is 2. The summed E-state index contributed by atoms with van der Waals surface area (Å²) in [6.07, 6.45) is 1.84. The van der Waals surface area contributed by atoms with E-state index in [0.29, 0.717) is 29.8 Å². The number of carbonyl (C=O) groups is 1. The number of halogens is 3. The summed E-state index contributed by atoms with van der Waals surface area (Å²) in [5, 5.41) is 9.24. The van der Waals surface area contributed by atoms with Crippen molar-refractivity contribution in [1.29, 1.82) is 0 Å². The normalized spacial score (nSPS) is 26.1. The Labute approximate surface area is 255 Å². The number of methoxy groups -OCH3 is 1. The van der Waals surface area contributed by atoms with E-state index in [1.54, 1.807) is 18.2 Å². The highest BCUT2D eigenvalue weighted by Gasteiger charge is 2.69. The van der Waals surface area contributed by atoms with Crippen LogP contribution in [0.3, 0.4) is 0 Å². The molecule has 5 rings (SSSR count). The maximum absolute atomic E-state index is 13.9. The summed E-state index contributed by atoms with van der Waals surface area (Å²) in [4.78, 5) is 23.2. The molecule has 2 heterocycles. The van der Waals surface area contributed by atoms with Gasteiger partial charge < -0.3 is 25.6 Å². The summed E-state index contributed by atoms with van der Waals surface area (Å²) >= 11 is 0. The van der Waals surface area contributed by atoms with E-state index in [1.165, 1.54) is 7.11 Å². The van der Waals surface area contributed by atoms with Gasteiger partial charge in [0, 0.05) is 41.3 Å². The minimum absolute atomic E-state index is 0.0650. The number of amides is 1. The molecule has 3 fully saturated rings. The number of nitrogens with zero attached hydrogens (tertiary/aromatic N) is 3. The number of likely N-dealkylation sites (tertiary alicyclic amines) is 1. The lowest BCUT2D eigenvalue weighted by atomic mass is 9.94. The molecule has 1 aromatic carbocycles. The minimum atomic E-state index is -4.67. The topological polar surface area (TPSA) is 138 Å². The molecular formula is C29H40F3N7O4S. The van der Waals surface area contributed by atoms with Crippen LogP contribution in [0.2, 0.25) is 0 Å². The van der Waals surface area contributed by atoms with Crippen LogP contribution in [0.15, 0.2) is 24.4 Å². The first-order valence-corrected chi connectivity index (χ1v) is 16.6. The van der Waals surface area contributed by atoms with Crippen LogP contribution in [0.1, 0.15) is 67.1 Å². The van der Waals surface area contributed by atoms with Crippen LogP contribution < -0.4 is 25.4 Å². The van der Waals surface area contributed by atoms with Crippen LogP contribution in [0.4, 0.5) is 24.8 Å². The van der Waals surface area contributed by atoms with E-state index in [-0.39, 0.29) is 41.6 Å². The molecule has 1 amide bonds. The molecule has 242 valence electrons. The zero-order valence-corrected chi connectivity index (χ0v) is 26.2. The number of hydrogen-bond donors (Lipinski definition) is 4. The first-order valence-electron chi connectivity index (χ1n) is 14.7. The molecule has 11 nitrogen and oxygen atoms in total. The predicted molar refractivity (Wildman–Crippen MR) is 159 cm³/mol. The highest BCUT2D eigenvalue weighted by molar-refractivity contribution is 7.88. The fourth-order valence-corrected chi connectivity index (χ4v) is 7.67. The number of sulfonamides is 1. The molecule has 1 saturated heterocycles. The molecule has 0 bridgehead atoms. The second-order valence-corrected chi connectivity index (χ2v) is 14.3. The summed E-state index contributed by atoms with van der Waals surface area (Å²) in [6.45, 7) is 3.53. The van der Waals surface area contributed by atoms with E-state index >= 15 is 0 Å². The maximum atomic E-state index is 13.9. The van der Waals surface area contributed by atoms with E-state index in [9.17, 15) is 26.4 Å². The van der Waals surface area contributed by atoms with E-state index in [1.807, 2.05) is 14.0 Å². The lowest BCUT2D eigenvalue weighted by Gasteiger charge is -2.29. The molecule has 4 N–H and O–H groups in total. The second-order valence-electron chi connectivity index (χ2n) is 12.5. The molecule has 1 aliphatic heterocycles. The molecule has 3 atom stereocenters. The van der Waals surface area contributed by atoms with Gasteiger partial charge in [0.05, 0.1) is 30.3 Å². The number of rotatable bonds is 10. The molecule has 0 radical (unpaired) electrons. The number of piperidine rings is 1. The molecule has 2 aliphatic carbocycles. The second kappa shape index (κ2) is 12.1. The van der Waals surface area contributed by atoms with Gasteiger partial charge in [0.2, 0.25) is 16.0 Å². The molecule has 2 saturated carbocycles. The summed E-state index contributed by atoms with van der Waals surface area (Å²) in [7, 11) is 0.0503. The SMILES string of the molecule is COc1cc(C(=O)NC2CCN(C)CC2)ccc1Nc1ncc(C(F)(F)F)c(CN[C@]2(C)CC23CCC[C@H]3NS(C)(=O)=O)n1. The van der Waals surface area contributed by atoms with Crippen molar-refractivity contribution in [3.8, 4) is 5.75 Å². The van der Waals surface area contributed by atoms with Gasteiger partial charge in [-0.05, 0) is 77.4 Å². The van der Waals surface area contributed by atoms with E-state index in [0.717, 1.165) is 51.2 Å². The Hall–Kier alpha value is -3.01. The molecule has 1 unspecified atom stereocenters. The standard InChI is InChI=1S/C29H40F3N7O4S/c1-27(17-28(27)11-5-6-24(28)38-44(4,41)42)34-16-22-20(29(30,31)32)15-33-26(37-22)36-21-8-7-18(14-23(21)43-3)25(40)35-19-9-12-39(2)13-10-19/h7-8,14-15,19,24,34,38H,5-6,9-13,16-17H2,1-4H3,(H,35,40)(H,33,36,37)/t24-,27-,28?/m1/s1. The molecule has 2 aromatic rings. The zero-order valence-electron chi connectivity index (χ0n) is 25.3. The third-order valence-electron chi connectivity index (χ3n) is 9.37. The van der Waals surface area contributed by atoms with Crippen molar-refractivity contribution in [2.45, 2.75) is 75.8 Å². The van der Waals surface area contributed by atoms with Gasteiger partial charge >= 0.3 is 6.18 Å². The van der Waals surface area contributed by atoms with Crippen molar-refractivity contribution in [1.82, 2.24) is 30.2 Å². The van der Waals surface area contributed by atoms with Crippen molar-refractivity contribution >= 4 is 27.6 Å². The number of aromatic nitrogens is 2. The number of carbonyl (C=O) groups excluding carboxylic acids is 1. The fraction of sp³-hybridized carbons (Fsp3) is 0.621. The van der Waals surface area contributed by atoms with Gasteiger partial charge in [-0.15, -0.1) is 0 Å². The van der Waals surface area contributed by atoms with Gasteiger partial charge in [-0.25, -0.2) is 23.1 Å². The highest BCUT2D eigenvalue weighted by atomic mass is 32.2. The number of hydrogen-bond acceptors (Lipinski definition) is 9. The average molecular weight is 640 g/mol. The number of ether oxygens (including phenoxy) is 1. The first-order chi connectivity index (χ1) is 20.6. The average Bonchev–Trinajstić information content (AvgIpc) is 3.36. The maximum Gasteiger partial charge on any atom is 0.419 e. The van der Waals surface area contributed by atoms with Gasteiger partial charge in [0.15, 0.2) is 0 Å².